The zero-order chi connectivity index (χ0) is 14.1. The number of benzene rings is 1. The maximum atomic E-state index is 11.1. The van der Waals surface area contributed by atoms with Crippen LogP contribution in [0.1, 0.15) is 25.7 Å². The van der Waals surface area contributed by atoms with Crippen molar-refractivity contribution in [3.05, 3.63) is 29.3 Å². The van der Waals surface area contributed by atoms with E-state index < -0.39 is 5.97 Å². The van der Waals surface area contributed by atoms with Crippen molar-refractivity contribution >= 4 is 23.3 Å². The molecule has 3 atom stereocenters. The second-order valence-corrected chi connectivity index (χ2v) is 6.63. The van der Waals surface area contributed by atoms with E-state index in [1.54, 1.807) is 0 Å². The summed E-state index contributed by atoms with van der Waals surface area (Å²) in [4.78, 5) is 13.1. The first-order chi connectivity index (χ1) is 9.61. The molecular formula is C16H20ClNO2. The second kappa shape index (κ2) is 5.65. The molecule has 4 heteroatoms. The van der Waals surface area contributed by atoms with Crippen LogP contribution < -0.4 is 4.90 Å². The standard InChI is InChI=1S/C16H20ClNO2/c17-14-2-1-3-15(8-14)18(10-16(19)20)9-13-7-11-4-5-12(13)6-11/h1-3,8,11-13H,4-7,9-10H2,(H,19,20). The van der Waals surface area contributed by atoms with Crippen LogP contribution in [0, 0.1) is 17.8 Å². The Morgan fingerprint density at radius 2 is 2.20 bits per heavy atom. The van der Waals surface area contributed by atoms with Gasteiger partial charge in [-0.3, -0.25) is 4.79 Å². The van der Waals surface area contributed by atoms with Gasteiger partial charge in [0.15, 0.2) is 0 Å². The van der Waals surface area contributed by atoms with Crippen molar-refractivity contribution < 1.29 is 9.90 Å². The number of fused-ring (bicyclic) bond motifs is 2. The van der Waals surface area contributed by atoms with E-state index in [1.165, 1.54) is 25.7 Å². The lowest BCUT2D eigenvalue weighted by Crippen LogP contribution is -2.35. The van der Waals surface area contributed by atoms with Crippen LogP contribution in [-0.4, -0.2) is 24.2 Å². The Labute approximate surface area is 124 Å². The number of rotatable bonds is 5. The van der Waals surface area contributed by atoms with E-state index in [-0.39, 0.29) is 6.54 Å². The van der Waals surface area contributed by atoms with Gasteiger partial charge in [0.1, 0.15) is 6.54 Å². The van der Waals surface area contributed by atoms with E-state index in [9.17, 15) is 4.79 Å². The molecule has 0 aliphatic heterocycles. The third-order valence-corrected chi connectivity index (χ3v) is 5.07. The van der Waals surface area contributed by atoms with Crippen LogP contribution in [0.5, 0.6) is 0 Å². The van der Waals surface area contributed by atoms with E-state index in [4.69, 9.17) is 16.7 Å². The largest absolute Gasteiger partial charge is 0.480 e. The summed E-state index contributed by atoms with van der Waals surface area (Å²) in [5, 5.41) is 9.80. The van der Waals surface area contributed by atoms with Crippen LogP contribution in [0.15, 0.2) is 24.3 Å². The molecule has 0 aromatic heterocycles. The molecule has 3 nitrogen and oxygen atoms in total. The fraction of sp³-hybridized carbons (Fsp3) is 0.562. The Morgan fingerprint density at radius 3 is 2.80 bits per heavy atom. The molecule has 0 amide bonds. The predicted molar refractivity (Wildman–Crippen MR) is 80.2 cm³/mol. The monoisotopic (exact) mass is 293 g/mol. The Hall–Kier alpha value is -1.22. The summed E-state index contributed by atoms with van der Waals surface area (Å²) in [6, 6.07) is 7.51. The van der Waals surface area contributed by atoms with Crippen molar-refractivity contribution in [2.45, 2.75) is 25.7 Å². The van der Waals surface area contributed by atoms with E-state index in [1.807, 2.05) is 29.2 Å². The number of carboxylic acids is 1. The van der Waals surface area contributed by atoms with Crippen molar-refractivity contribution in [2.24, 2.45) is 17.8 Å². The molecular weight excluding hydrogens is 274 g/mol. The van der Waals surface area contributed by atoms with Crippen LogP contribution in [0.3, 0.4) is 0 Å². The lowest BCUT2D eigenvalue weighted by atomic mass is 9.88. The molecule has 108 valence electrons. The zero-order valence-corrected chi connectivity index (χ0v) is 12.2. The number of halogens is 1. The van der Waals surface area contributed by atoms with E-state index >= 15 is 0 Å². The summed E-state index contributed by atoms with van der Waals surface area (Å²) >= 11 is 6.03. The maximum Gasteiger partial charge on any atom is 0.323 e. The number of carboxylic acid groups (broad SMARTS) is 1. The van der Waals surface area contributed by atoms with Gasteiger partial charge < -0.3 is 10.0 Å². The van der Waals surface area contributed by atoms with Gasteiger partial charge in [0.25, 0.3) is 0 Å². The molecule has 1 aromatic rings. The summed E-state index contributed by atoms with van der Waals surface area (Å²) in [5.41, 5.74) is 0.919. The fourth-order valence-electron chi connectivity index (χ4n) is 3.98. The highest BCUT2D eigenvalue weighted by molar-refractivity contribution is 6.30. The predicted octanol–water partition coefficient (Wildman–Crippen LogP) is 3.67. The Balaban J connectivity index is 1.74. The molecule has 20 heavy (non-hydrogen) atoms. The molecule has 0 radical (unpaired) electrons. The van der Waals surface area contributed by atoms with Gasteiger partial charge in [-0.25, -0.2) is 0 Å². The quantitative estimate of drug-likeness (QED) is 0.900. The number of hydrogen-bond acceptors (Lipinski definition) is 2. The van der Waals surface area contributed by atoms with Crippen LogP contribution in [-0.2, 0) is 4.79 Å². The van der Waals surface area contributed by atoms with Gasteiger partial charge in [-0.1, -0.05) is 24.1 Å². The van der Waals surface area contributed by atoms with Gasteiger partial charge in [-0.15, -0.1) is 0 Å². The smallest absolute Gasteiger partial charge is 0.323 e. The van der Waals surface area contributed by atoms with Gasteiger partial charge in [0.05, 0.1) is 0 Å². The lowest BCUT2D eigenvalue weighted by Gasteiger charge is -2.30. The van der Waals surface area contributed by atoms with Crippen molar-refractivity contribution in [1.82, 2.24) is 0 Å². The first kappa shape index (κ1) is 13.7. The molecule has 2 fully saturated rings. The van der Waals surface area contributed by atoms with Gasteiger partial charge in [0, 0.05) is 17.3 Å². The van der Waals surface area contributed by atoms with Crippen molar-refractivity contribution in [2.75, 3.05) is 18.0 Å². The first-order valence-electron chi connectivity index (χ1n) is 7.34. The third kappa shape index (κ3) is 2.93. The number of hydrogen-bond donors (Lipinski definition) is 1. The number of aliphatic carboxylic acids is 1. The summed E-state index contributed by atoms with van der Waals surface area (Å²) in [5.74, 6) is 1.55. The van der Waals surface area contributed by atoms with Crippen LogP contribution >= 0.6 is 11.6 Å². The minimum Gasteiger partial charge on any atom is -0.480 e. The van der Waals surface area contributed by atoms with Gasteiger partial charge in [-0.2, -0.15) is 0 Å². The molecule has 2 saturated carbocycles. The highest BCUT2D eigenvalue weighted by Gasteiger charge is 2.40. The minimum atomic E-state index is -0.784. The summed E-state index contributed by atoms with van der Waals surface area (Å²) in [6.45, 7) is 0.891. The van der Waals surface area contributed by atoms with E-state index in [0.717, 1.165) is 24.1 Å². The maximum absolute atomic E-state index is 11.1. The Bertz CT molecular complexity index is 505. The van der Waals surface area contributed by atoms with Gasteiger partial charge >= 0.3 is 5.97 Å². The average Bonchev–Trinajstić information content (AvgIpc) is 2.99. The molecule has 2 aliphatic carbocycles. The molecule has 1 N–H and O–H groups in total. The third-order valence-electron chi connectivity index (χ3n) is 4.84. The summed E-state index contributed by atoms with van der Waals surface area (Å²) in [7, 11) is 0. The van der Waals surface area contributed by atoms with Crippen molar-refractivity contribution in [3.63, 3.8) is 0 Å². The topological polar surface area (TPSA) is 40.5 Å². The van der Waals surface area contributed by atoms with Crippen molar-refractivity contribution in [1.29, 1.82) is 0 Å². The molecule has 2 bridgehead atoms. The Morgan fingerprint density at radius 1 is 1.35 bits per heavy atom. The first-order valence-corrected chi connectivity index (χ1v) is 7.72. The molecule has 0 saturated heterocycles. The fourth-order valence-corrected chi connectivity index (χ4v) is 4.17. The minimum absolute atomic E-state index is 0.0498. The SMILES string of the molecule is O=C(O)CN(CC1CC2CCC1C2)c1cccc(Cl)c1. The Kier molecular flexibility index (Phi) is 3.88. The normalized spacial score (nSPS) is 27.8. The van der Waals surface area contributed by atoms with Crippen LogP contribution in [0.4, 0.5) is 5.69 Å². The number of anilines is 1. The summed E-state index contributed by atoms with van der Waals surface area (Å²) < 4.78 is 0. The van der Waals surface area contributed by atoms with Gasteiger partial charge in [0.2, 0.25) is 0 Å². The highest BCUT2D eigenvalue weighted by Crippen LogP contribution is 2.48. The van der Waals surface area contributed by atoms with Crippen LogP contribution in [0.2, 0.25) is 5.02 Å². The second-order valence-electron chi connectivity index (χ2n) is 6.19. The molecule has 3 unspecified atom stereocenters. The lowest BCUT2D eigenvalue weighted by molar-refractivity contribution is -0.135. The molecule has 2 aliphatic rings. The molecule has 0 spiro atoms. The van der Waals surface area contributed by atoms with E-state index in [2.05, 4.69) is 0 Å². The molecule has 1 aromatic carbocycles. The zero-order valence-electron chi connectivity index (χ0n) is 11.5. The highest BCUT2D eigenvalue weighted by atomic mass is 35.5. The van der Waals surface area contributed by atoms with Crippen LogP contribution in [0.25, 0.3) is 0 Å². The van der Waals surface area contributed by atoms with Gasteiger partial charge in [-0.05, 0) is 55.2 Å². The molecule has 0 heterocycles. The molecule has 3 rings (SSSR count). The number of nitrogens with zero attached hydrogens (tertiary/aromatic N) is 1. The number of carbonyl (C=O) groups is 1. The average molecular weight is 294 g/mol. The van der Waals surface area contributed by atoms with E-state index in [0.29, 0.717) is 10.9 Å². The van der Waals surface area contributed by atoms with Crippen molar-refractivity contribution in [3.8, 4) is 0 Å². The summed E-state index contributed by atoms with van der Waals surface area (Å²) in [6.07, 6.45) is 5.31.